The van der Waals surface area contributed by atoms with E-state index in [1.165, 1.54) is 16.8 Å². The van der Waals surface area contributed by atoms with Gasteiger partial charge in [-0.25, -0.2) is 0 Å². The molecule has 1 N–H and O–H groups in total. The highest BCUT2D eigenvalue weighted by Crippen LogP contribution is 2.27. The van der Waals surface area contributed by atoms with Gasteiger partial charge in [-0.3, -0.25) is 0 Å². The Labute approximate surface area is 115 Å². The van der Waals surface area contributed by atoms with Crippen LogP contribution in [-0.4, -0.2) is 33.4 Å². The first-order valence-corrected chi connectivity index (χ1v) is 7.02. The highest BCUT2D eigenvalue weighted by molar-refractivity contribution is 7.80. The molecule has 2 rings (SSSR count). The molecule has 1 unspecified atom stereocenters. The van der Waals surface area contributed by atoms with Crippen LogP contribution in [0.1, 0.15) is 23.3 Å². The molecule has 1 aliphatic heterocycles. The summed E-state index contributed by atoms with van der Waals surface area (Å²) in [6.07, 6.45) is 0. The van der Waals surface area contributed by atoms with Gasteiger partial charge in [0.05, 0.1) is 13.2 Å². The maximum Gasteiger partial charge on any atom is 0.0642 e. The SMILES string of the molecule is CNCc1cc(C(C)S)ccc1N1CCOCC1. The summed E-state index contributed by atoms with van der Waals surface area (Å²) in [5, 5.41) is 3.52. The van der Waals surface area contributed by atoms with Crippen molar-refractivity contribution in [1.82, 2.24) is 5.32 Å². The molecule has 0 aromatic heterocycles. The predicted molar refractivity (Wildman–Crippen MR) is 79.6 cm³/mol. The molecule has 1 aliphatic rings. The Morgan fingerprint density at radius 1 is 1.39 bits per heavy atom. The lowest BCUT2D eigenvalue weighted by atomic mass is 10.0. The Hall–Kier alpha value is -0.710. The molecule has 1 fully saturated rings. The Balaban J connectivity index is 2.27. The van der Waals surface area contributed by atoms with Crippen molar-refractivity contribution in [1.29, 1.82) is 0 Å². The number of nitrogens with zero attached hydrogens (tertiary/aromatic N) is 1. The van der Waals surface area contributed by atoms with Crippen LogP contribution in [0.15, 0.2) is 18.2 Å². The maximum absolute atomic E-state index is 5.41. The van der Waals surface area contributed by atoms with E-state index in [1.54, 1.807) is 0 Å². The van der Waals surface area contributed by atoms with Gasteiger partial charge in [0.25, 0.3) is 0 Å². The molecule has 0 amide bonds. The van der Waals surface area contributed by atoms with Gasteiger partial charge in [0, 0.05) is 30.6 Å². The summed E-state index contributed by atoms with van der Waals surface area (Å²) in [7, 11) is 1.99. The molecule has 3 nitrogen and oxygen atoms in total. The van der Waals surface area contributed by atoms with Gasteiger partial charge >= 0.3 is 0 Å². The van der Waals surface area contributed by atoms with E-state index < -0.39 is 0 Å². The standard InChI is InChI=1S/C14H22N2OS/c1-11(18)12-3-4-14(13(9-12)10-15-2)16-5-7-17-8-6-16/h3-4,9,11,15,18H,5-8,10H2,1-2H3. The molecular formula is C14H22N2OS. The minimum Gasteiger partial charge on any atom is -0.378 e. The van der Waals surface area contributed by atoms with Crippen molar-refractivity contribution in [2.24, 2.45) is 0 Å². The molecule has 0 radical (unpaired) electrons. The summed E-state index contributed by atoms with van der Waals surface area (Å²) in [6, 6.07) is 6.67. The van der Waals surface area contributed by atoms with Gasteiger partial charge < -0.3 is 15.0 Å². The number of ether oxygens (including phenoxy) is 1. The van der Waals surface area contributed by atoms with Crippen molar-refractivity contribution in [3.8, 4) is 0 Å². The molecule has 0 aliphatic carbocycles. The van der Waals surface area contributed by atoms with Crippen LogP contribution in [0.3, 0.4) is 0 Å². The van der Waals surface area contributed by atoms with E-state index >= 15 is 0 Å². The van der Waals surface area contributed by atoms with E-state index in [0.29, 0.717) is 0 Å². The highest BCUT2D eigenvalue weighted by atomic mass is 32.1. The number of hydrogen-bond acceptors (Lipinski definition) is 4. The van der Waals surface area contributed by atoms with Gasteiger partial charge in [0.2, 0.25) is 0 Å². The van der Waals surface area contributed by atoms with Gasteiger partial charge in [-0.05, 0) is 31.2 Å². The zero-order valence-corrected chi connectivity index (χ0v) is 12.0. The zero-order valence-electron chi connectivity index (χ0n) is 11.1. The Morgan fingerprint density at radius 3 is 2.72 bits per heavy atom. The van der Waals surface area contributed by atoms with Gasteiger partial charge in [0.15, 0.2) is 0 Å². The summed E-state index contributed by atoms with van der Waals surface area (Å²) in [5.74, 6) is 0. The summed E-state index contributed by atoms with van der Waals surface area (Å²) in [5.41, 5.74) is 3.95. The van der Waals surface area contributed by atoms with Crippen LogP contribution in [0, 0.1) is 0 Å². The largest absolute Gasteiger partial charge is 0.378 e. The molecule has 4 heteroatoms. The summed E-state index contributed by atoms with van der Waals surface area (Å²) in [6.45, 7) is 6.60. The van der Waals surface area contributed by atoms with Crippen LogP contribution in [0.25, 0.3) is 0 Å². The van der Waals surface area contributed by atoms with E-state index in [2.05, 4.69) is 48.0 Å². The number of benzene rings is 1. The first-order chi connectivity index (χ1) is 8.72. The Bertz CT molecular complexity index is 389. The van der Waals surface area contributed by atoms with Crippen LogP contribution in [-0.2, 0) is 11.3 Å². The molecular weight excluding hydrogens is 244 g/mol. The molecule has 1 aromatic rings. The normalized spacial score (nSPS) is 17.8. The summed E-state index contributed by atoms with van der Waals surface area (Å²) < 4.78 is 5.41. The van der Waals surface area contributed by atoms with E-state index in [-0.39, 0.29) is 5.25 Å². The second-order valence-electron chi connectivity index (χ2n) is 4.69. The fourth-order valence-electron chi connectivity index (χ4n) is 2.31. The van der Waals surface area contributed by atoms with Gasteiger partial charge in [-0.15, -0.1) is 0 Å². The lowest BCUT2D eigenvalue weighted by Gasteiger charge is -2.31. The lowest BCUT2D eigenvalue weighted by molar-refractivity contribution is 0.122. The van der Waals surface area contributed by atoms with Gasteiger partial charge in [-0.1, -0.05) is 12.1 Å². The van der Waals surface area contributed by atoms with Crippen LogP contribution in [0.5, 0.6) is 0 Å². The number of thiol groups is 1. The number of morpholine rings is 1. The van der Waals surface area contributed by atoms with Crippen LogP contribution >= 0.6 is 12.6 Å². The molecule has 1 aromatic carbocycles. The molecule has 0 saturated carbocycles. The number of anilines is 1. The van der Waals surface area contributed by atoms with Crippen molar-refractivity contribution in [2.75, 3.05) is 38.3 Å². The molecule has 1 atom stereocenters. The van der Waals surface area contributed by atoms with Crippen LogP contribution < -0.4 is 10.2 Å². The van der Waals surface area contributed by atoms with Crippen molar-refractivity contribution >= 4 is 18.3 Å². The Kier molecular flexibility index (Phi) is 4.92. The minimum atomic E-state index is 0.277. The second kappa shape index (κ2) is 6.45. The lowest BCUT2D eigenvalue weighted by Crippen LogP contribution is -2.37. The molecule has 1 saturated heterocycles. The highest BCUT2D eigenvalue weighted by Gasteiger charge is 2.15. The average molecular weight is 266 g/mol. The fraction of sp³-hybridized carbons (Fsp3) is 0.571. The average Bonchev–Trinajstić information content (AvgIpc) is 2.40. The zero-order chi connectivity index (χ0) is 13.0. The molecule has 100 valence electrons. The number of hydrogen-bond donors (Lipinski definition) is 2. The van der Waals surface area contributed by atoms with E-state index in [4.69, 9.17) is 4.74 Å². The van der Waals surface area contributed by atoms with Crippen molar-refractivity contribution in [3.63, 3.8) is 0 Å². The number of nitrogens with one attached hydrogen (secondary N) is 1. The van der Waals surface area contributed by atoms with Crippen molar-refractivity contribution in [2.45, 2.75) is 18.7 Å². The monoisotopic (exact) mass is 266 g/mol. The quantitative estimate of drug-likeness (QED) is 0.818. The van der Waals surface area contributed by atoms with Gasteiger partial charge in [-0.2, -0.15) is 12.6 Å². The second-order valence-corrected chi connectivity index (χ2v) is 5.47. The predicted octanol–water partition coefficient (Wildman–Crippen LogP) is 2.23. The third kappa shape index (κ3) is 3.19. The third-order valence-electron chi connectivity index (χ3n) is 3.30. The Morgan fingerprint density at radius 2 is 2.11 bits per heavy atom. The molecule has 0 bridgehead atoms. The van der Waals surface area contributed by atoms with Crippen molar-refractivity contribution in [3.05, 3.63) is 29.3 Å². The van der Waals surface area contributed by atoms with Gasteiger partial charge in [0.1, 0.15) is 0 Å². The van der Waals surface area contributed by atoms with Crippen LogP contribution in [0.2, 0.25) is 0 Å². The number of rotatable bonds is 4. The first-order valence-electron chi connectivity index (χ1n) is 6.50. The van der Waals surface area contributed by atoms with Crippen molar-refractivity contribution < 1.29 is 4.74 Å². The minimum absolute atomic E-state index is 0.277. The molecule has 18 heavy (non-hydrogen) atoms. The molecule has 1 heterocycles. The van der Waals surface area contributed by atoms with E-state index in [1.807, 2.05) is 7.05 Å². The fourth-order valence-corrected chi connectivity index (χ4v) is 2.47. The smallest absolute Gasteiger partial charge is 0.0642 e. The van der Waals surface area contributed by atoms with E-state index in [0.717, 1.165) is 32.8 Å². The maximum atomic E-state index is 5.41. The summed E-state index contributed by atoms with van der Waals surface area (Å²) in [4.78, 5) is 2.41. The third-order valence-corrected chi connectivity index (χ3v) is 3.60. The summed E-state index contributed by atoms with van der Waals surface area (Å²) >= 11 is 4.51. The molecule has 0 spiro atoms. The topological polar surface area (TPSA) is 24.5 Å². The van der Waals surface area contributed by atoms with E-state index in [9.17, 15) is 0 Å². The van der Waals surface area contributed by atoms with Crippen LogP contribution in [0.4, 0.5) is 5.69 Å². The first kappa shape index (κ1) is 13.7.